The van der Waals surface area contributed by atoms with Crippen LogP contribution in [-0.4, -0.2) is 18.4 Å². The van der Waals surface area contributed by atoms with Crippen molar-refractivity contribution in [1.29, 1.82) is 0 Å². The third-order valence-electron chi connectivity index (χ3n) is 13.6. The summed E-state index contributed by atoms with van der Waals surface area (Å²) in [4.78, 5) is 16.9. The lowest BCUT2D eigenvalue weighted by atomic mass is 9.33. The van der Waals surface area contributed by atoms with Crippen LogP contribution >= 0.6 is 0 Å². The Morgan fingerprint density at radius 2 is 0.942 bits per heavy atom. The topological polar surface area (TPSA) is 38.3 Å². The van der Waals surface area contributed by atoms with Crippen molar-refractivity contribution in [2.24, 2.45) is 0 Å². The molecule has 10 aromatic rings. The molecule has 13 rings (SSSR count). The van der Waals surface area contributed by atoms with E-state index in [-0.39, 0.29) is 6.71 Å². The second-order valence-corrected chi connectivity index (χ2v) is 17.7. The second kappa shape index (κ2) is 16.7. The number of anilines is 13. The summed E-state index contributed by atoms with van der Waals surface area (Å²) in [5.41, 5.74) is 18.2. The molecule has 9 aromatic carbocycles. The van der Waals surface area contributed by atoms with Gasteiger partial charge in [-0.2, -0.15) is 0 Å². The van der Waals surface area contributed by atoms with Crippen LogP contribution in [0.4, 0.5) is 74.1 Å². The first-order valence-electron chi connectivity index (χ1n) is 23.5. The third kappa shape index (κ3) is 6.96. The lowest BCUT2D eigenvalue weighted by Crippen LogP contribution is -2.61. The summed E-state index contributed by atoms with van der Waals surface area (Å²) in [6.07, 6.45) is 1.86. The zero-order valence-electron chi connectivity index (χ0n) is 38.0. The van der Waals surface area contributed by atoms with E-state index in [2.05, 4.69) is 250 Å². The van der Waals surface area contributed by atoms with E-state index < -0.39 is 0 Å². The van der Waals surface area contributed by atoms with Crippen molar-refractivity contribution in [3.63, 3.8) is 0 Å². The Kier molecular flexibility index (Phi) is 9.75. The summed E-state index contributed by atoms with van der Waals surface area (Å²) in [5.74, 6) is 2.25. The highest BCUT2D eigenvalue weighted by molar-refractivity contribution is 7.00. The molecule has 0 saturated carbocycles. The molecule has 0 amide bonds. The average Bonchev–Trinajstić information content (AvgIpc) is 3.80. The van der Waals surface area contributed by atoms with Gasteiger partial charge in [-0.3, -0.25) is 4.90 Å². The molecule has 0 bridgehead atoms. The van der Waals surface area contributed by atoms with Gasteiger partial charge in [0, 0.05) is 63.8 Å². The summed E-state index contributed by atoms with van der Waals surface area (Å²) in [6.45, 7) is 2.82. The number of rotatable bonds is 9. The van der Waals surface area contributed by atoms with E-state index in [1.54, 1.807) is 0 Å². The van der Waals surface area contributed by atoms with Gasteiger partial charge in [0.1, 0.15) is 24.0 Å². The number of hydrogen-bond donors (Lipinski definition) is 0. The Balaban J connectivity index is 0.941. The summed E-state index contributed by atoms with van der Waals surface area (Å²) in [5, 5.41) is 0. The van der Waals surface area contributed by atoms with Crippen LogP contribution < -0.4 is 45.6 Å². The maximum atomic E-state index is 6.84. The third-order valence-corrected chi connectivity index (χ3v) is 13.6. The number of benzene rings is 9. The lowest BCUT2D eigenvalue weighted by molar-refractivity contribution is 0.483. The van der Waals surface area contributed by atoms with Crippen LogP contribution in [0.2, 0.25) is 0 Å². The van der Waals surface area contributed by atoms with Gasteiger partial charge in [-0.05, 0) is 133 Å². The molecular weight excluding hydrogens is 844 g/mol. The highest BCUT2D eigenvalue weighted by atomic mass is 16.5. The van der Waals surface area contributed by atoms with Gasteiger partial charge in [0.25, 0.3) is 6.71 Å². The van der Waals surface area contributed by atoms with Crippen LogP contribution in [0, 0.1) is 6.92 Å². The van der Waals surface area contributed by atoms with E-state index in [0.717, 1.165) is 74.1 Å². The molecule has 0 aliphatic carbocycles. The Morgan fingerprint density at radius 3 is 1.55 bits per heavy atom. The molecule has 69 heavy (non-hydrogen) atoms. The Labute approximate surface area is 403 Å². The van der Waals surface area contributed by atoms with Gasteiger partial charge in [-0.15, -0.1) is 0 Å². The Hall–Kier alpha value is -9.01. The number of ether oxygens (including phenoxy) is 1. The van der Waals surface area contributed by atoms with Crippen LogP contribution in [0.25, 0.3) is 0 Å². The van der Waals surface area contributed by atoms with Gasteiger partial charge >= 0.3 is 0 Å². The number of para-hydroxylation sites is 6. The minimum Gasteiger partial charge on any atom is -0.457 e. The fourth-order valence-corrected chi connectivity index (χ4v) is 10.5. The molecule has 0 atom stereocenters. The normalized spacial score (nSPS) is 13.1. The molecule has 0 radical (unpaired) electrons. The fraction of sp³-hybridized carbons (Fsp3) is 0.0328. The molecule has 4 heterocycles. The van der Waals surface area contributed by atoms with E-state index >= 15 is 0 Å². The zero-order valence-corrected chi connectivity index (χ0v) is 38.0. The van der Waals surface area contributed by atoms with Gasteiger partial charge < -0.3 is 24.3 Å². The Bertz CT molecular complexity index is 3410. The van der Waals surface area contributed by atoms with E-state index in [0.29, 0.717) is 12.4 Å². The number of pyridine rings is 1. The lowest BCUT2D eigenvalue weighted by Gasteiger charge is -2.44. The number of aromatic nitrogens is 1. The summed E-state index contributed by atoms with van der Waals surface area (Å²) >= 11 is 0. The van der Waals surface area contributed by atoms with Crippen molar-refractivity contribution in [2.75, 3.05) is 31.2 Å². The van der Waals surface area contributed by atoms with Crippen molar-refractivity contribution in [1.82, 2.24) is 4.98 Å². The molecule has 328 valence electrons. The van der Waals surface area contributed by atoms with Crippen LogP contribution in [0.3, 0.4) is 0 Å². The quantitative estimate of drug-likeness (QED) is 0.134. The molecule has 7 nitrogen and oxygen atoms in total. The van der Waals surface area contributed by atoms with E-state index in [1.165, 1.54) is 27.6 Å². The minimum atomic E-state index is 0.00637. The first-order chi connectivity index (χ1) is 34.1. The van der Waals surface area contributed by atoms with Crippen LogP contribution in [0.5, 0.6) is 11.5 Å². The first-order valence-corrected chi connectivity index (χ1v) is 23.5. The standard InChI is InChI=1S/C61H45BN6O/c1-43-33-35-44(36-34-43)64-42-65(57-31-13-12-30-56(57)64)47-22-16-24-50(38-47)69-51-25-17-23-48(39-51)66(60-32-14-15-37-63-60)49-40-58-61-59(41-49)68(46-20-6-3-7-21-46)55-29-11-9-27-53(55)62(61)52-26-8-10-28-54(52)67(58)45-18-4-2-5-19-45/h2-41H,42H2,1H3. The SMILES string of the molecule is Cc1ccc(N2CN(c3cccc(Oc4cccc(N(c5cc6c7c(c5)N(c5ccccc5)c5ccccc5B7c5ccccc5N6c5ccccc5)c5ccccn5)c4)c3)c3ccccc32)cc1. The van der Waals surface area contributed by atoms with Crippen LogP contribution in [0.15, 0.2) is 243 Å². The number of aryl methyl sites for hydroxylation is 1. The van der Waals surface area contributed by atoms with Gasteiger partial charge in [-0.25, -0.2) is 4.98 Å². The van der Waals surface area contributed by atoms with Crippen molar-refractivity contribution >= 4 is 97.2 Å². The molecule has 0 fully saturated rings. The molecular formula is C61H45BN6O. The monoisotopic (exact) mass is 888 g/mol. The molecule has 0 saturated heterocycles. The smallest absolute Gasteiger partial charge is 0.252 e. The van der Waals surface area contributed by atoms with E-state index in [4.69, 9.17) is 9.72 Å². The molecule has 3 aliphatic rings. The largest absolute Gasteiger partial charge is 0.457 e. The second-order valence-electron chi connectivity index (χ2n) is 17.7. The maximum absolute atomic E-state index is 6.84. The summed E-state index contributed by atoms with van der Waals surface area (Å²) in [6, 6.07) is 84.2. The average molecular weight is 889 g/mol. The highest BCUT2D eigenvalue weighted by Crippen LogP contribution is 2.49. The van der Waals surface area contributed by atoms with E-state index in [1.807, 2.05) is 24.4 Å². The molecule has 8 heteroatoms. The van der Waals surface area contributed by atoms with Crippen molar-refractivity contribution < 1.29 is 4.74 Å². The van der Waals surface area contributed by atoms with Crippen LogP contribution in [0.1, 0.15) is 5.56 Å². The Morgan fingerprint density at radius 1 is 0.420 bits per heavy atom. The molecule has 1 aromatic heterocycles. The highest BCUT2D eigenvalue weighted by Gasteiger charge is 2.43. The van der Waals surface area contributed by atoms with Gasteiger partial charge in [0.15, 0.2) is 0 Å². The summed E-state index contributed by atoms with van der Waals surface area (Å²) in [7, 11) is 0. The van der Waals surface area contributed by atoms with Gasteiger partial charge in [-0.1, -0.05) is 121 Å². The predicted molar refractivity (Wildman–Crippen MR) is 286 cm³/mol. The first kappa shape index (κ1) is 40.3. The number of nitrogens with zero attached hydrogens (tertiary/aromatic N) is 6. The minimum absolute atomic E-state index is 0.00637. The molecule has 0 spiro atoms. The van der Waals surface area contributed by atoms with Gasteiger partial charge in [0.05, 0.1) is 22.7 Å². The molecule has 0 unspecified atom stereocenters. The van der Waals surface area contributed by atoms with Crippen molar-refractivity contribution in [3.8, 4) is 11.5 Å². The molecule has 0 N–H and O–H groups in total. The number of fused-ring (bicyclic) bond motifs is 5. The van der Waals surface area contributed by atoms with Gasteiger partial charge in [0.2, 0.25) is 0 Å². The van der Waals surface area contributed by atoms with Crippen molar-refractivity contribution in [3.05, 3.63) is 248 Å². The molecule has 3 aliphatic heterocycles. The fourth-order valence-electron chi connectivity index (χ4n) is 10.5. The van der Waals surface area contributed by atoms with E-state index in [9.17, 15) is 0 Å². The maximum Gasteiger partial charge on any atom is 0.252 e. The van der Waals surface area contributed by atoms with Crippen molar-refractivity contribution in [2.45, 2.75) is 6.92 Å². The number of hydrogen-bond acceptors (Lipinski definition) is 7. The predicted octanol–water partition coefficient (Wildman–Crippen LogP) is 14.0. The zero-order chi connectivity index (χ0) is 45.8. The van der Waals surface area contributed by atoms with Crippen LogP contribution in [-0.2, 0) is 0 Å². The summed E-state index contributed by atoms with van der Waals surface area (Å²) < 4.78 is 6.84.